The number of nitrogens with one attached hydrogen (secondary N) is 1. The van der Waals surface area contributed by atoms with Gasteiger partial charge in [0, 0.05) is 22.5 Å². The molecule has 6 heteroatoms. The van der Waals surface area contributed by atoms with E-state index in [1.807, 2.05) is 36.4 Å². The SMILES string of the molecule is O=C(NCCc1csc2ccccc12)c1occc1CN1C(=O)Cc2ccccc21. The first-order valence-electron chi connectivity index (χ1n) is 9.88. The van der Waals surface area contributed by atoms with Gasteiger partial charge in [-0.1, -0.05) is 36.4 Å². The van der Waals surface area contributed by atoms with Gasteiger partial charge in [0.1, 0.15) is 0 Å². The van der Waals surface area contributed by atoms with Gasteiger partial charge in [0.25, 0.3) is 5.91 Å². The van der Waals surface area contributed by atoms with E-state index in [2.05, 4.69) is 22.8 Å². The lowest BCUT2D eigenvalue weighted by Crippen LogP contribution is -2.29. The molecule has 2 aromatic carbocycles. The van der Waals surface area contributed by atoms with Crippen LogP contribution in [-0.4, -0.2) is 18.4 Å². The van der Waals surface area contributed by atoms with Crippen LogP contribution in [0.4, 0.5) is 5.69 Å². The van der Waals surface area contributed by atoms with E-state index in [1.54, 1.807) is 22.3 Å². The number of benzene rings is 2. The summed E-state index contributed by atoms with van der Waals surface area (Å²) in [5.74, 6) is 0.0462. The van der Waals surface area contributed by atoms with Crippen LogP contribution in [0.2, 0.25) is 0 Å². The third-order valence-corrected chi connectivity index (χ3v) is 6.46. The van der Waals surface area contributed by atoms with Crippen LogP contribution < -0.4 is 10.2 Å². The molecular formula is C24H20N2O3S. The summed E-state index contributed by atoms with van der Waals surface area (Å²) < 4.78 is 6.72. The largest absolute Gasteiger partial charge is 0.459 e. The molecular weight excluding hydrogens is 396 g/mol. The first-order chi connectivity index (χ1) is 14.7. The minimum Gasteiger partial charge on any atom is -0.459 e. The topological polar surface area (TPSA) is 62.6 Å². The van der Waals surface area contributed by atoms with E-state index in [1.165, 1.54) is 21.9 Å². The fraction of sp³-hybridized carbons (Fsp3) is 0.167. The Morgan fingerprint density at radius 3 is 2.83 bits per heavy atom. The second-order valence-corrected chi connectivity index (χ2v) is 8.23. The van der Waals surface area contributed by atoms with E-state index in [0.29, 0.717) is 25.1 Å². The summed E-state index contributed by atoms with van der Waals surface area (Å²) in [6, 6.07) is 17.8. The van der Waals surface area contributed by atoms with Gasteiger partial charge in [-0.25, -0.2) is 0 Å². The molecule has 0 saturated heterocycles. The summed E-state index contributed by atoms with van der Waals surface area (Å²) in [6.45, 7) is 0.843. The minimum atomic E-state index is -0.255. The van der Waals surface area contributed by atoms with Crippen LogP contribution in [0.3, 0.4) is 0 Å². The molecule has 2 amide bonds. The first kappa shape index (κ1) is 18.6. The van der Waals surface area contributed by atoms with Crippen LogP contribution in [0.15, 0.2) is 70.7 Å². The minimum absolute atomic E-state index is 0.0353. The number of rotatable bonds is 6. The second-order valence-electron chi connectivity index (χ2n) is 7.32. The molecule has 0 saturated carbocycles. The highest BCUT2D eigenvalue weighted by molar-refractivity contribution is 7.17. The Labute approximate surface area is 177 Å². The Morgan fingerprint density at radius 2 is 1.90 bits per heavy atom. The molecule has 0 atom stereocenters. The van der Waals surface area contributed by atoms with Gasteiger partial charge >= 0.3 is 0 Å². The molecule has 3 heterocycles. The van der Waals surface area contributed by atoms with Crippen molar-refractivity contribution in [1.29, 1.82) is 0 Å². The third kappa shape index (κ3) is 3.39. The Hall–Kier alpha value is -3.38. The molecule has 2 aromatic heterocycles. The molecule has 0 unspecified atom stereocenters. The summed E-state index contributed by atoms with van der Waals surface area (Å²) in [5, 5.41) is 6.33. The summed E-state index contributed by atoms with van der Waals surface area (Å²) in [6.07, 6.45) is 2.65. The van der Waals surface area contributed by atoms with Crippen molar-refractivity contribution in [2.75, 3.05) is 11.4 Å². The predicted octanol–water partition coefficient (Wildman–Crippen LogP) is 4.56. The zero-order valence-corrected chi connectivity index (χ0v) is 17.1. The van der Waals surface area contributed by atoms with Gasteiger partial charge in [-0.05, 0) is 46.5 Å². The fourth-order valence-electron chi connectivity index (χ4n) is 3.94. The predicted molar refractivity (Wildman–Crippen MR) is 118 cm³/mol. The number of carbonyl (C=O) groups is 2. The zero-order chi connectivity index (χ0) is 20.5. The Bertz CT molecular complexity index is 1240. The Balaban J connectivity index is 1.25. The van der Waals surface area contributed by atoms with Crippen molar-refractivity contribution >= 4 is 38.9 Å². The monoisotopic (exact) mass is 416 g/mol. The molecule has 0 fully saturated rings. The van der Waals surface area contributed by atoms with Crippen LogP contribution >= 0.6 is 11.3 Å². The van der Waals surface area contributed by atoms with Gasteiger partial charge in [-0.15, -0.1) is 11.3 Å². The number of hydrogen-bond donors (Lipinski definition) is 1. The summed E-state index contributed by atoms with van der Waals surface area (Å²) in [4.78, 5) is 26.9. The number of anilines is 1. The molecule has 0 spiro atoms. The maximum Gasteiger partial charge on any atom is 0.287 e. The molecule has 0 radical (unpaired) electrons. The average Bonchev–Trinajstić information content (AvgIpc) is 3.47. The van der Waals surface area contributed by atoms with E-state index in [9.17, 15) is 9.59 Å². The van der Waals surface area contributed by atoms with Crippen LogP contribution in [0.5, 0.6) is 0 Å². The highest BCUT2D eigenvalue weighted by Crippen LogP contribution is 2.30. The second kappa shape index (κ2) is 7.80. The summed E-state index contributed by atoms with van der Waals surface area (Å²) >= 11 is 1.72. The molecule has 0 bridgehead atoms. The van der Waals surface area contributed by atoms with Gasteiger partial charge < -0.3 is 14.6 Å². The number of fused-ring (bicyclic) bond motifs is 2. The standard InChI is InChI=1S/C24H20N2O3S/c27-22-13-16-5-1-3-7-20(16)26(22)14-17-10-12-29-23(17)24(28)25-11-9-18-15-30-21-8-4-2-6-19(18)21/h1-8,10,12,15H,9,11,13-14H2,(H,25,28). The van der Waals surface area contributed by atoms with Crippen LogP contribution in [-0.2, 0) is 24.2 Å². The van der Waals surface area contributed by atoms with E-state index in [4.69, 9.17) is 4.42 Å². The smallest absolute Gasteiger partial charge is 0.287 e. The average molecular weight is 417 g/mol. The number of furan rings is 1. The fourth-order valence-corrected chi connectivity index (χ4v) is 4.93. The molecule has 30 heavy (non-hydrogen) atoms. The summed E-state index contributed by atoms with van der Waals surface area (Å²) in [7, 11) is 0. The normalized spacial score (nSPS) is 13.1. The molecule has 0 aliphatic carbocycles. The first-order valence-corrected chi connectivity index (χ1v) is 10.8. The van der Waals surface area contributed by atoms with E-state index in [0.717, 1.165) is 17.7 Å². The molecule has 5 rings (SSSR count). The van der Waals surface area contributed by atoms with Crippen molar-refractivity contribution in [2.45, 2.75) is 19.4 Å². The third-order valence-electron chi connectivity index (χ3n) is 5.45. The lowest BCUT2D eigenvalue weighted by atomic mass is 10.1. The van der Waals surface area contributed by atoms with Crippen molar-refractivity contribution < 1.29 is 14.0 Å². The van der Waals surface area contributed by atoms with E-state index in [-0.39, 0.29) is 17.6 Å². The maximum absolute atomic E-state index is 12.7. The van der Waals surface area contributed by atoms with Gasteiger partial charge in [0.15, 0.2) is 5.76 Å². The zero-order valence-electron chi connectivity index (χ0n) is 16.3. The van der Waals surface area contributed by atoms with Crippen LogP contribution in [0, 0.1) is 0 Å². The van der Waals surface area contributed by atoms with Gasteiger partial charge in [-0.3, -0.25) is 9.59 Å². The molecule has 5 nitrogen and oxygen atoms in total. The lowest BCUT2D eigenvalue weighted by Gasteiger charge is -2.17. The number of hydrogen-bond acceptors (Lipinski definition) is 4. The number of thiophene rings is 1. The van der Waals surface area contributed by atoms with Gasteiger partial charge in [0.2, 0.25) is 5.91 Å². The Morgan fingerprint density at radius 1 is 1.07 bits per heavy atom. The van der Waals surface area contributed by atoms with E-state index < -0.39 is 0 Å². The lowest BCUT2D eigenvalue weighted by molar-refractivity contribution is -0.117. The van der Waals surface area contributed by atoms with Crippen molar-refractivity contribution in [3.8, 4) is 0 Å². The number of carbonyl (C=O) groups excluding carboxylic acids is 2. The number of nitrogens with zero attached hydrogens (tertiary/aromatic N) is 1. The molecule has 150 valence electrons. The van der Waals surface area contributed by atoms with Crippen molar-refractivity contribution in [3.05, 3.63) is 88.7 Å². The van der Waals surface area contributed by atoms with Crippen molar-refractivity contribution in [1.82, 2.24) is 5.32 Å². The Kier molecular flexibility index (Phi) is 4.85. The molecule has 1 aliphatic heterocycles. The van der Waals surface area contributed by atoms with Gasteiger partial charge in [0.05, 0.1) is 19.2 Å². The van der Waals surface area contributed by atoms with Crippen LogP contribution in [0.25, 0.3) is 10.1 Å². The van der Waals surface area contributed by atoms with Gasteiger partial charge in [-0.2, -0.15) is 0 Å². The highest BCUT2D eigenvalue weighted by Gasteiger charge is 2.28. The highest BCUT2D eigenvalue weighted by atomic mass is 32.1. The van der Waals surface area contributed by atoms with Crippen molar-refractivity contribution in [2.24, 2.45) is 0 Å². The number of para-hydroxylation sites is 1. The molecule has 4 aromatic rings. The molecule has 1 aliphatic rings. The maximum atomic E-state index is 12.7. The number of amides is 2. The summed E-state index contributed by atoms with van der Waals surface area (Å²) in [5.41, 5.74) is 3.85. The van der Waals surface area contributed by atoms with Crippen molar-refractivity contribution in [3.63, 3.8) is 0 Å². The van der Waals surface area contributed by atoms with E-state index >= 15 is 0 Å². The molecule has 1 N–H and O–H groups in total. The quantitative estimate of drug-likeness (QED) is 0.501. The van der Waals surface area contributed by atoms with Crippen LogP contribution in [0.1, 0.15) is 27.2 Å².